The zero-order chi connectivity index (χ0) is 25.4. The van der Waals surface area contributed by atoms with Crippen molar-refractivity contribution in [2.45, 2.75) is 22.3 Å². The molecule has 1 atom stereocenters. The molecule has 184 valence electrons. The van der Waals surface area contributed by atoms with E-state index in [9.17, 15) is 31.5 Å². The summed E-state index contributed by atoms with van der Waals surface area (Å²) < 4.78 is 53.6. The van der Waals surface area contributed by atoms with Gasteiger partial charge in [0.1, 0.15) is 11.9 Å². The second kappa shape index (κ2) is 11.7. The molecule has 0 heterocycles. The minimum Gasteiger partial charge on any atom is -0.480 e. The molecule has 0 spiro atoms. The van der Waals surface area contributed by atoms with Crippen molar-refractivity contribution in [2.75, 3.05) is 20.1 Å². The van der Waals surface area contributed by atoms with E-state index in [0.717, 1.165) is 0 Å². The van der Waals surface area contributed by atoms with E-state index in [1.165, 1.54) is 48.5 Å². The zero-order valence-electron chi connectivity index (χ0n) is 18.1. The molecule has 0 radical (unpaired) electrons. The summed E-state index contributed by atoms with van der Waals surface area (Å²) in [5, 5.41) is 21.9. The molecule has 0 saturated heterocycles. The highest BCUT2D eigenvalue weighted by atomic mass is 32.2. The van der Waals surface area contributed by atoms with E-state index < -0.39 is 44.5 Å². The van der Waals surface area contributed by atoms with Crippen LogP contribution >= 0.6 is 0 Å². The van der Waals surface area contributed by atoms with Crippen molar-refractivity contribution in [3.05, 3.63) is 60.2 Å². The Morgan fingerprint density at radius 2 is 1.53 bits per heavy atom. The summed E-state index contributed by atoms with van der Waals surface area (Å²) in [6.45, 7) is -0.804. The fourth-order valence-corrected chi connectivity index (χ4v) is 4.91. The quantitative estimate of drug-likeness (QED) is 0.161. The molecule has 0 fully saturated rings. The summed E-state index contributed by atoms with van der Waals surface area (Å²) in [6.07, 6.45) is -0.306. The smallest absolute Gasteiger partial charge is 0.323 e. The lowest BCUT2D eigenvalue weighted by atomic mass is 10.2. The summed E-state index contributed by atoms with van der Waals surface area (Å²) >= 11 is 0. The van der Waals surface area contributed by atoms with E-state index in [0.29, 0.717) is 5.56 Å². The molecule has 0 saturated carbocycles. The molecule has 0 aromatic heterocycles. The molecular weight excluding hydrogens is 486 g/mol. The zero-order valence-corrected chi connectivity index (χ0v) is 19.7. The van der Waals surface area contributed by atoms with Gasteiger partial charge in [0.2, 0.25) is 26.0 Å². The summed E-state index contributed by atoms with van der Waals surface area (Å²) in [6, 6.07) is 11.1. The number of carbonyl (C=O) groups excluding carboxylic acids is 1. The number of nitrogens with one attached hydrogen (secondary N) is 5. The van der Waals surface area contributed by atoms with Gasteiger partial charge in [0.05, 0.1) is 9.79 Å². The molecule has 14 heteroatoms. The molecule has 2 aromatic rings. The monoisotopic (exact) mass is 511 g/mol. The van der Waals surface area contributed by atoms with Crippen LogP contribution in [0.4, 0.5) is 0 Å². The van der Waals surface area contributed by atoms with Gasteiger partial charge in [-0.1, -0.05) is 18.2 Å². The first-order chi connectivity index (χ1) is 16.0. The van der Waals surface area contributed by atoms with E-state index in [4.69, 9.17) is 5.41 Å². The Bertz CT molecular complexity index is 1230. The van der Waals surface area contributed by atoms with Crippen LogP contribution < -0.4 is 20.1 Å². The van der Waals surface area contributed by atoms with Crippen molar-refractivity contribution in [2.24, 2.45) is 0 Å². The van der Waals surface area contributed by atoms with Crippen molar-refractivity contribution < 1.29 is 31.5 Å². The molecule has 0 bridgehead atoms. The standard InChI is InChI=1S/C20H25N5O7S2/c1-22-19(21)14-7-9-16(10-8-14)33(29,30)24-12-11-18(26)23-13-17(20(27)28)25-34(31,32)15-5-3-2-4-6-15/h2-10,17,24-25H,11-13H2,1H3,(H2,21,22)(H,23,26)(H,27,28)/t17-/m0/s1. The number of amidine groups is 1. The van der Waals surface area contributed by atoms with Gasteiger partial charge < -0.3 is 15.7 Å². The predicted molar refractivity (Wildman–Crippen MR) is 123 cm³/mol. The highest BCUT2D eigenvalue weighted by Crippen LogP contribution is 2.11. The Labute approximate surface area is 197 Å². The molecule has 1 amide bonds. The Kier molecular flexibility index (Phi) is 9.26. The number of hydrogen-bond acceptors (Lipinski definition) is 7. The highest BCUT2D eigenvalue weighted by molar-refractivity contribution is 7.89. The van der Waals surface area contributed by atoms with Crippen LogP contribution in [0.3, 0.4) is 0 Å². The van der Waals surface area contributed by atoms with Gasteiger partial charge in [-0.05, 0) is 36.4 Å². The van der Waals surface area contributed by atoms with E-state index in [2.05, 4.69) is 15.4 Å². The number of carbonyl (C=O) groups is 2. The maximum atomic E-state index is 12.3. The van der Waals surface area contributed by atoms with Gasteiger partial charge in [0.25, 0.3) is 0 Å². The van der Waals surface area contributed by atoms with Gasteiger partial charge in [-0.15, -0.1) is 0 Å². The van der Waals surface area contributed by atoms with Crippen molar-refractivity contribution in [1.82, 2.24) is 20.1 Å². The third-order valence-electron chi connectivity index (χ3n) is 4.50. The van der Waals surface area contributed by atoms with Gasteiger partial charge in [-0.25, -0.2) is 21.6 Å². The Morgan fingerprint density at radius 3 is 2.09 bits per heavy atom. The second-order valence-corrected chi connectivity index (χ2v) is 10.4. The third kappa shape index (κ3) is 7.62. The third-order valence-corrected chi connectivity index (χ3v) is 7.46. The van der Waals surface area contributed by atoms with Crippen LogP contribution in [-0.4, -0.2) is 65.8 Å². The number of sulfonamides is 2. The number of benzene rings is 2. The molecular formula is C20H25N5O7S2. The van der Waals surface area contributed by atoms with Gasteiger partial charge >= 0.3 is 5.97 Å². The van der Waals surface area contributed by atoms with Crippen LogP contribution in [0.25, 0.3) is 0 Å². The van der Waals surface area contributed by atoms with Crippen LogP contribution in [0.5, 0.6) is 0 Å². The molecule has 6 N–H and O–H groups in total. The number of rotatable bonds is 12. The van der Waals surface area contributed by atoms with E-state index in [1.54, 1.807) is 13.1 Å². The molecule has 0 aliphatic heterocycles. The molecule has 2 rings (SSSR count). The Hall–Kier alpha value is -3.33. The Balaban J connectivity index is 1.87. The lowest BCUT2D eigenvalue weighted by Crippen LogP contribution is -2.48. The lowest BCUT2D eigenvalue weighted by molar-refractivity contribution is -0.138. The first-order valence-electron chi connectivity index (χ1n) is 9.89. The molecule has 34 heavy (non-hydrogen) atoms. The SMILES string of the molecule is CNC(=N)c1ccc(S(=O)(=O)NCCC(=O)NC[C@H](NS(=O)(=O)c2ccccc2)C(=O)O)cc1. The minimum atomic E-state index is -4.12. The van der Waals surface area contributed by atoms with Crippen molar-refractivity contribution in [3.8, 4) is 0 Å². The number of carboxylic acid groups (broad SMARTS) is 1. The second-order valence-electron chi connectivity index (χ2n) is 6.93. The first kappa shape index (κ1) is 26.9. The summed E-state index contributed by atoms with van der Waals surface area (Å²) in [5.74, 6) is -2.04. The van der Waals surface area contributed by atoms with E-state index in [1.807, 2.05) is 4.72 Å². The fourth-order valence-electron chi connectivity index (χ4n) is 2.67. The van der Waals surface area contributed by atoms with Gasteiger partial charge in [0.15, 0.2) is 0 Å². The highest BCUT2D eigenvalue weighted by Gasteiger charge is 2.25. The van der Waals surface area contributed by atoms with Gasteiger partial charge in [-0.2, -0.15) is 4.72 Å². The maximum absolute atomic E-state index is 12.3. The van der Waals surface area contributed by atoms with Crippen molar-refractivity contribution in [1.29, 1.82) is 5.41 Å². The Morgan fingerprint density at radius 1 is 0.941 bits per heavy atom. The number of aliphatic carboxylic acids is 1. The van der Waals surface area contributed by atoms with Crippen LogP contribution in [0, 0.1) is 5.41 Å². The largest absolute Gasteiger partial charge is 0.480 e. The number of amides is 1. The van der Waals surface area contributed by atoms with Crippen LogP contribution in [0.2, 0.25) is 0 Å². The molecule has 0 aliphatic carbocycles. The summed E-state index contributed by atoms with van der Waals surface area (Å²) in [5.41, 5.74) is 0.497. The van der Waals surface area contributed by atoms with Gasteiger partial charge in [-0.3, -0.25) is 15.0 Å². The maximum Gasteiger partial charge on any atom is 0.323 e. The molecule has 0 aliphatic rings. The number of hydrogen-bond donors (Lipinski definition) is 6. The number of carboxylic acids is 1. The van der Waals surface area contributed by atoms with Crippen molar-refractivity contribution in [3.63, 3.8) is 0 Å². The first-order valence-corrected chi connectivity index (χ1v) is 12.9. The normalized spacial score (nSPS) is 12.5. The molecule has 2 aromatic carbocycles. The predicted octanol–water partition coefficient (Wildman–Crippen LogP) is -0.552. The molecule has 0 unspecified atom stereocenters. The van der Waals surface area contributed by atoms with Crippen molar-refractivity contribution >= 4 is 37.8 Å². The van der Waals surface area contributed by atoms with Crippen LogP contribution in [0.1, 0.15) is 12.0 Å². The minimum absolute atomic E-state index is 0.0539. The van der Waals surface area contributed by atoms with E-state index >= 15 is 0 Å². The topological polar surface area (TPSA) is 195 Å². The summed E-state index contributed by atoms with van der Waals surface area (Å²) in [7, 11) is -6.47. The average molecular weight is 512 g/mol. The van der Waals surface area contributed by atoms with Crippen LogP contribution in [-0.2, 0) is 29.6 Å². The average Bonchev–Trinajstić information content (AvgIpc) is 2.81. The van der Waals surface area contributed by atoms with Gasteiger partial charge in [0, 0.05) is 32.1 Å². The van der Waals surface area contributed by atoms with E-state index in [-0.39, 0.29) is 28.6 Å². The summed E-state index contributed by atoms with van der Waals surface area (Å²) in [4.78, 5) is 23.3. The lowest BCUT2D eigenvalue weighted by Gasteiger charge is -2.15. The van der Waals surface area contributed by atoms with Crippen LogP contribution in [0.15, 0.2) is 64.4 Å². The fraction of sp³-hybridized carbons (Fsp3) is 0.250. The molecule has 12 nitrogen and oxygen atoms in total.